The number of para-hydroxylation sites is 1. The van der Waals surface area contributed by atoms with Crippen LogP contribution in [0.25, 0.3) is 22.1 Å². The molecule has 0 radical (unpaired) electrons. The number of anilines is 1. The summed E-state index contributed by atoms with van der Waals surface area (Å²) in [6.07, 6.45) is 0. The molecule has 0 unspecified atom stereocenters. The van der Waals surface area contributed by atoms with Gasteiger partial charge in [0.1, 0.15) is 11.3 Å². The van der Waals surface area contributed by atoms with E-state index in [0.29, 0.717) is 16.8 Å². The van der Waals surface area contributed by atoms with Crippen molar-refractivity contribution in [3.05, 3.63) is 64.3 Å². The minimum Gasteiger partial charge on any atom is -0.459 e. The van der Waals surface area contributed by atoms with Crippen molar-refractivity contribution in [2.75, 3.05) is 5.32 Å². The lowest BCUT2D eigenvalue weighted by Crippen LogP contribution is -2.31. The number of hydrogen-bond donors (Lipinski definition) is 2. The average Bonchev–Trinajstić information content (AvgIpc) is 3.12. The fraction of sp³-hybridized carbons (Fsp3) is 0.200. The van der Waals surface area contributed by atoms with Crippen LogP contribution in [-0.2, 0) is 7.05 Å². The number of aromatic nitrogens is 1. The summed E-state index contributed by atoms with van der Waals surface area (Å²) in [6.45, 7) is 3.84. The number of carbonyl (C=O) groups is 1. The largest absolute Gasteiger partial charge is 0.459 e. The summed E-state index contributed by atoms with van der Waals surface area (Å²) in [6, 6.07) is 12.1. The molecule has 0 fully saturated rings. The summed E-state index contributed by atoms with van der Waals surface area (Å²) in [4.78, 5) is 23.9. The van der Waals surface area contributed by atoms with Crippen molar-refractivity contribution in [3.8, 4) is 0 Å². The lowest BCUT2D eigenvalue weighted by molar-refractivity contribution is 0.248. The molecular weight excluding hydrogens is 346 g/mol. The second-order valence-corrected chi connectivity index (χ2v) is 6.52. The standard InChI is InChI=1S/C20H19N3O4/c1-11-14-6-4-5-7-16(14)26-18(11)12(2)21-19(24)22-13-8-9-15-17(10-13)27-20(25)23(15)3/h4-10,12H,1-3H3,(H2,21,22,24)/t12-/m1/s1. The Morgan fingerprint density at radius 2 is 1.89 bits per heavy atom. The van der Waals surface area contributed by atoms with Crippen LogP contribution in [0.4, 0.5) is 10.5 Å². The molecule has 0 bridgehead atoms. The second kappa shape index (κ2) is 6.35. The van der Waals surface area contributed by atoms with Crippen molar-refractivity contribution in [1.82, 2.24) is 9.88 Å². The molecule has 2 aromatic carbocycles. The Balaban J connectivity index is 1.51. The Morgan fingerprint density at radius 1 is 1.11 bits per heavy atom. The van der Waals surface area contributed by atoms with Gasteiger partial charge in [-0.25, -0.2) is 9.59 Å². The van der Waals surface area contributed by atoms with Gasteiger partial charge in [0.2, 0.25) is 0 Å². The van der Waals surface area contributed by atoms with Crippen molar-refractivity contribution >= 4 is 33.8 Å². The van der Waals surface area contributed by atoms with Crippen LogP contribution in [0.1, 0.15) is 24.3 Å². The third-order valence-electron chi connectivity index (χ3n) is 4.67. The van der Waals surface area contributed by atoms with Gasteiger partial charge in [0.05, 0.1) is 11.6 Å². The molecule has 1 atom stereocenters. The SMILES string of the molecule is Cc1c([C@@H](C)NC(=O)Nc2ccc3c(c2)oc(=O)n3C)oc2ccccc12. The molecule has 0 saturated carbocycles. The first-order valence-corrected chi connectivity index (χ1v) is 8.59. The van der Waals surface area contributed by atoms with Gasteiger partial charge in [-0.1, -0.05) is 18.2 Å². The van der Waals surface area contributed by atoms with Crippen molar-refractivity contribution in [1.29, 1.82) is 0 Å². The summed E-state index contributed by atoms with van der Waals surface area (Å²) in [5.41, 5.74) is 3.41. The number of hydrogen-bond acceptors (Lipinski definition) is 4. The van der Waals surface area contributed by atoms with Gasteiger partial charge < -0.3 is 19.5 Å². The van der Waals surface area contributed by atoms with Crippen molar-refractivity contribution < 1.29 is 13.6 Å². The molecule has 7 nitrogen and oxygen atoms in total. The summed E-state index contributed by atoms with van der Waals surface area (Å²) in [5, 5.41) is 6.66. The lowest BCUT2D eigenvalue weighted by Gasteiger charge is -2.13. The van der Waals surface area contributed by atoms with Crippen LogP contribution >= 0.6 is 0 Å². The number of nitrogens with one attached hydrogen (secondary N) is 2. The smallest absolute Gasteiger partial charge is 0.419 e. The molecule has 0 aliphatic carbocycles. The molecule has 4 rings (SSSR count). The number of oxazole rings is 1. The topological polar surface area (TPSA) is 89.4 Å². The molecule has 2 heterocycles. The summed E-state index contributed by atoms with van der Waals surface area (Å²) in [7, 11) is 1.63. The van der Waals surface area contributed by atoms with Crippen molar-refractivity contribution in [3.63, 3.8) is 0 Å². The fourth-order valence-electron chi connectivity index (χ4n) is 3.25. The molecule has 0 aliphatic rings. The maximum absolute atomic E-state index is 12.4. The molecule has 27 heavy (non-hydrogen) atoms. The third-order valence-corrected chi connectivity index (χ3v) is 4.67. The number of carbonyl (C=O) groups excluding carboxylic acids is 1. The Hall–Kier alpha value is -3.48. The molecule has 4 aromatic rings. The minimum atomic E-state index is -0.444. The number of nitrogens with zero attached hydrogens (tertiary/aromatic N) is 1. The highest BCUT2D eigenvalue weighted by Crippen LogP contribution is 2.29. The zero-order valence-electron chi connectivity index (χ0n) is 15.2. The van der Waals surface area contributed by atoms with E-state index < -0.39 is 5.76 Å². The lowest BCUT2D eigenvalue weighted by atomic mass is 10.1. The molecule has 2 aromatic heterocycles. The van der Waals surface area contributed by atoms with E-state index in [9.17, 15) is 9.59 Å². The summed E-state index contributed by atoms with van der Waals surface area (Å²) < 4.78 is 12.4. The summed E-state index contributed by atoms with van der Waals surface area (Å²) >= 11 is 0. The molecule has 0 saturated heterocycles. The fourth-order valence-corrected chi connectivity index (χ4v) is 3.25. The van der Waals surface area contributed by atoms with E-state index in [1.54, 1.807) is 25.2 Å². The van der Waals surface area contributed by atoms with Gasteiger partial charge in [-0.15, -0.1) is 0 Å². The molecule has 7 heteroatoms. The first-order valence-electron chi connectivity index (χ1n) is 8.59. The van der Waals surface area contributed by atoms with E-state index >= 15 is 0 Å². The number of aryl methyl sites for hydroxylation is 2. The highest BCUT2D eigenvalue weighted by Gasteiger charge is 2.18. The van der Waals surface area contributed by atoms with Gasteiger partial charge in [-0.3, -0.25) is 4.57 Å². The van der Waals surface area contributed by atoms with E-state index in [4.69, 9.17) is 8.83 Å². The molecule has 2 amide bonds. The molecule has 138 valence electrons. The van der Waals surface area contributed by atoms with Crippen LogP contribution in [0.15, 0.2) is 56.1 Å². The van der Waals surface area contributed by atoms with Gasteiger partial charge in [0, 0.05) is 29.8 Å². The maximum Gasteiger partial charge on any atom is 0.419 e. The zero-order chi connectivity index (χ0) is 19.1. The predicted molar refractivity (Wildman–Crippen MR) is 103 cm³/mol. The minimum absolute atomic E-state index is 0.309. The van der Waals surface area contributed by atoms with Crippen LogP contribution in [0, 0.1) is 6.92 Å². The van der Waals surface area contributed by atoms with Crippen molar-refractivity contribution in [2.45, 2.75) is 19.9 Å². The van der Waals surface area contributed by atoms with E-state index in [2.05, 4.69) is 10.6 Å². The molecule has 0 spiro atoms. The van der Waals surface area contributed by atoms with Crippen LogP contribution in [0.5, 0.6) is 0 Å². The number of furan rings is 1. The molecule has 2 N–H and O–H groups in total. The monoisotopic (exact) mass is 365 g/mol. The van der Waals surface area contributed by atoms with Crippen molar-refractivity contribution in [2.24, 2.45) is 7.05 Å². The Bertz CT molecular complexity index is 1220. The van der Waals surface area contributed by atoms with Gasteiger partial charge in [0.25, 0.3) is 0 Å². The Kier molecular flexibility index (Phi) is 3.99. The first-order chi connectivity index (χ1) is 12.9. The van der Waals surface area contributed by atoms with Crippen LogP contribution < -0.4 is 16.4 Å². The number of amides is 2. The van der Waals surface area contributed by atoms with E-state index in [1.165, 1.54) is 4.57 Å². The zero-order valence-corrected chi connectivity index (χ0v) is 15.2. The number of urea groups is 1. The summed E-state index contributed by atoms with van der Waals surface area (Å²) in [5.74, 6) is 0.274. The maximum atomic E-state index is 12.4. The van der Waals surface area contributed by atoms with E-state index in [1.807, 2.05) is 38.1 Å². The Labute approximate surface area is 154 Å². The van der Waals surface area contributed by atoms with E-state index in [-0.39, 0.29) is 12.1 Å². The quantitative estimate of drug-likeness (QED) is 0.573. The highest BCUT2D eigenvalue weighted by atomic mass is 16.4. The normalized spacial score (nSPS) is 12.4. The van der Waals surface area contributed by atoms with Crippen LogP contribution in [-0.4, -0.2) is 10.6 Å². The number of benzene rings is 2. The van der Waals surface area contributed by atoms with Crippen LogP contribution in [0.2, 0.25) is 0 Å². The third kappa shape index (κ3) is 2.97. The number of rotatable bonds is 3. The van der Waals surface area contributed by atoms with E-state index in [0.717, 1.165) is 22.3 Å². The average molecular weight is 365 g/mol. The van der Waals surface area contributed by atoms with Gasteiger partial charge >= 0.3 is 11.8 Å². The van der Waals surface area contributed by atoms with Gasteiger partial charge in [0.15, 0.2) is 5.58 Å². The predicted octanol–water partition coefficient (Wildman–Crippen LogP) is 4.07. The van der Waals surface area contributed by atoms with Gasteiger partial charge in [-0.2, -0.15) is 0 Å². The first kappa shape index (κ1) is 17.0. The Morgan fingerprint density at radius 3 is 2.67 bits per heavy atom. The molecule has 0 aliphatic heterocycles. The second-order valence-electron chi connectivity index (χ2n) is 6.52. The number of fused-ring (bicyclic) bond motifs is 2. The molecular formula is C20H19N3O4. The van der Waals surface area contributed by atoms with Gasteiger partial charge in [-0.05, 0) is 32.0 Å². The highest BCUT2D eigenvalue weighted by molar-refractivity contribution is 5.92. The van der Waals surface area contributed by atoms with Crippen LogP contribution in [0.3, 0.4) is 0 Å².